The highest BCUT2D eigenvalue weighted by molar-refractivity contribution is 5.73. The quantitative estimate of drug-likeness (QED) is 0.690. The van der Waals surface area contributed by atoms with E-state index in [1.165, 1.54) is 6.20 Å². The van der Waals surface area contributed by atoms with Gasteiger partial charge in [-0.05, 0) is 5.92 Å². The lowest BCUT2D eigenvalue weighted by Crippen LogP contribution is -2.02. The fourth-order valence-electron chi connectivity index (χ4n) is 1.38. The lowest BCUT2D eigenvalue weighted by molar-refractivity contribution is 0.111. The molecule has 0 saturated heterocycles. The van der Waals surface area contributed by atoms with E-state index in [0.29, 0.717) is 17.5 Å². The highest BCUT2D eigenvalue weighted by Crippen LogP contribution is 2.11. The number of aldehydes is 1. The molecule has 0 bridgehead atoms. The number of hydrogen-bond acceptors (Lipinski definition) is 4. The molecule has 0 N–H and O–H groups in total. The number of fused-ring (bicyclic) bond motifs is 1. The molecule has 0 aromatic carbocycles. The first kappa shape index (κ1) is 8.93. The van der Waals surface area contributed by atoms with Crippen LogP contribution in [0.3, 0.4) is 0 Å². The molecule has 74 valence electrons. The summed E-state index contributed by atoms with van der Waals surface area (Å²) in [4.78, 5) is 14.6. The predicted octanol–water partition coefficient (Wildman–Crippen LogP) is 1.33. The van der Waals surface area contributed by atoms with Crippen molar-refractivity contribution < 1.29 is 9.32 Å². The molecule has 2 aromatic rings. The van der Waals surface area contributed by atoms with Crippen molar-refractivity contribution in [2.24, 2.45) is 5.92 Å². The lowest BCUT2D eigenvalue weighted by atomic mass is 10.1. The maximum Gasteiger partial charge on any atom is 0.332 e. The predicted molar refractivity (Wildman–Crippen MR) is 49.2 cm³/mol. The van der Waals surface area contributed by atoms with Crippen molar-refractivity contribution in [3.63, 3.8) is 0 Å². The summed E-state index contributed by atoms with van der Waals surface area (Å²) in [5, 5.41) is 3.87. The Morgan fingerprint density at radius 2 is 2.43 bits per heavy atom. The molecule has 0 fully saturated rings. The minimum absolute atomic E-state index is 0.378. The second-order valence-electron chi connectivity index (χ2n) is 3.62. The van der Waals surface area contributed by atoms with Gasteiger partial charge in [0.2, 0.25) is 0 Å². The third-order valence-electron chi connectivity index (χ3n) is 1.96. The van der Waals surface area contributed by atoms with Gasteiger partial charge >= 0.3 is 5.84 Å². The van der Waals surface area contributed by atoms with Gasteiger partial charge in [-0.15, -0.1) is 0 Å². The van der Waals surface area contributed by atoms with E-state index in [-0.39, 0.29) is 0 Å². The summed E-state index contributed by atoms with van der Waals surface area (Å²) in [6, 6.07) is 0. The van der Waals surface area contributed by atoms with E-state index in [9.17, 15) is 4.79 Å². The van der Waals surface area contributed by atoms with Crippen LogP contribution in [0.4, 0.5) is 0 Å². The fraction of sp³-hybridized carbons (Fsp3) is 0.444. The maximum atomic E-state index is 10.7. The van der Waals surface area contributed by atoms with Crippen molar-refractivity contribution in [1.82, 2.24) is 14.5 Å². The van der Waals surface area contributed by atoms with Crippen molar-refractivity contribution in [2.75, 3.05) is 0 Å². The van der Waals surface area contributed by atoms with Crippen LogP contribution in [0.25, 0.3) is 5.84 Å². The normalized spacial score (nSPS) is 11.4. The Kier molecular flexibility index (Phi) is 2.07. The Labute approximate surface area is 80.7 Å². The number of carbonyl (C=O) groups excluding carboxylic acids is 1. The smallest absolute Gasteiger partial charge is 0.315 e. The van der Waals surface area contributed by atoms with Gasteiger partial charge in [0.15, 0.2) is 12.1 Å². The zero-order valence-corrected chi connectivity index (χ0v) is 8.10. The van der Waals surface area contributed by atoms with Crippen LogP contribution in [-0.4, -0.2) is 20.8 Å². The summed E-state index contributed by atoms with van der Waals surface area (Å²) in [6.07, 6.45) is 3.00. The number of carbonyl (C=O) groups is 1. The first-order valence-corrected chi connectivity index (χ1v) is 4.49. The van der Waals surface area contributed by atoms with E-state index in [4.69, 9.17) is 4.52 Å². The average Bonchev–Trinajstić information content (AvgIpc) is 2.67. The molecule has 2 aromatic heterocycles. The van der Waals surface area contributed by atoms with Gasteiger partial charge in [-0.3, -0.25) is 4.79 Å². The van der Waals surface area contributed by atoms with Crippen molar-refractivity contribution >= 4 is 12.1 Å². The molecule has 14 heavy (non-hydrogen) atoms. The van der Waals surface area contributed by atoms with E-state index in [1.807, 2.05) is 0 Å². The highest BCUT2D eigenvalue weighted by atomic mass is 16.5. The molecule has 2 rings (SSSR count). The largest absolute Gasteiger partial charge is 0.332 e. The first-order chi connectivity index (χ1) is 6.72. The van der Waals surface area contributed by atoms with Crippen molar-refractivity contribution in [3.8, 4) is 0 Å². The van der Waals surface area contributed by atoms with Crippen molar-refractivity contribution in [1.29, 1.82) is 0 Å². The van der Waals surface area contributed by atoms with Gasteiger partial charge in [0.05, 0.1) is 6.20 Å². The van der Waals surface area contributed by atoms with E-state index >= 15 is 0 Å². The van der Waals surface area contributed by atoms with Crippen molar-refractivity contribution in [3.05, 3.63) is 17.7 Å². The summed E-state index contributed by atoms with van der Waals surface area (Å²) in [7, 11) is 0. The third kappa shape index (κ3) is 1.30. The minimum Gasteiger partial charge on any atom is -0.315 e. The fourth-order valence-corrected chi connectivity index (χ4v) is 1.38. The van der Waals surface area contributed by atoms with Crippen LogP contribution in [-0.2, 0) is 6.42 Å². The van der Waals surface area contributed by atoms with Crippen LogP contribution in [0.2, 0.25) is 0 Å². The molecule has 0 atom stereocenters. The highest BCUT2D eigenvalue weighted by Gasteiger charge is 2.13. The molecule has 0 spiro atoms. The van der Waals surface area contributed by atoms with Gasteiger partial charge in [-0.25, -0.2) is 9.38 Å². The SMILES string of the molecule is CC(C)Cc1noc2ncc(C=O)n12. The van der Waals surface area contributed by atoms with Crippen LogP contribution in [0.1, 0.15) is 30.2 Å². The molecule has 5 heteroatoms. The van der Waals surface area contributed by atoms with Gasteiger partial charge in [0.1, 0.15) is 5.69 Å². The van der Waals surface area contributed by atoms with Crippen LogP contribution in [0.5, 0.6) is 0 Å². The Hall–Kier alpha value is -1.65. The van der Waals surface area contributed by atoms with E-state index < -0.39 is 0 Å². The molecular weight excluding hydrogens is 182 g/mol. The minimum atomic E-state index is 0.378. The van der Waals surface area contributed by atoms with Crippen LogP contribution in [0.15, 0.2) is 10.7 Å². The van der Waals surface area contributed by atoms with Gasteiger partial charge in [-0.2, -0.15) is 0 Å². The molecule has 0 saturated carbocycles. The number of nitrogens with zero attached hydrogens (tertiary/aromatic N) is 3. The number of imidazole rings is 1. The molecule has 0 aliphatic heterocycles. The Morgan fingerprint density at radius 3 is 3.07 bits per heavy atom. The first-order valence-electron chi connectivity index (χ1n) is 4.49. The maximum absolute atomic E-state index is 10.7. The Balaban J connectivity index is 2.53. The molecule has 5 nitrogen and oxygen atoms in total. The number of rotatable bonds is 3. The van der Waals surface area contributed by atoms with Gasteiger partial charge < -0.3 is 4.52 Å². The number of aromatic nitrogens is 3. The standard InChI is InChI=1S/C9H11N3O2/c1-6(2)3-8-11-14-9-10-4-7(5-13)12(8)9/h4-6H,3H2,1-2H3. The Morgan fingerprint density at radius 1 is 1.64 bits per heavy atom. The molecule has 0 unspecified atom stereocenters. The molecule has 0 amide bonds. The lowest BCUT2D eigenvalue weighted by Gasteiger charge is -1.99. The van der Waals surface area contributed by atoms with E-state index in [1.54, 1.807) is 4.40 Å². The van der Waals surface area contributed by atoms with E-state index in [2.05, 4.69) is 24.0 Å². The topological polar surface area (TPSA) is 60.4 Å². The van der Waals surface area contributed by atoms with Crippen LogP contribution in [0, 0.1) is 5.92 Å². The summed E-state index contributed by atoms with van der Waals surface area (Å²) >= 11 is 0. The summed E-state index contributed by atoms with van der Waals surface area (Å²) in [6.45, 7) is 4.16. The van der Waals surface area contributed by atoms with Crippen LogP contribution < -0.4 is 0 Å². The molecule has 0 aliphatic rings. The van der Waals surface area contributed by atoms with E-state index in [0.717, 1.165) is 18.5 Å². The summed E-state index contributed by atoms with van der Waals surface area (Å²) in [5.74, 6) is 1.59. The Bertz CT molecular complexity index is 456. The summed E-state index contributed by atoms with van der Waals surface area (Å²) < 4.78 is 6.62. The zero-order chi connectivity index (χ0) is 10.1. The second-order valence-corrected chi connectivity index (χ2v) is 3.62. The molecule has 0 radical (unpaired) electrons. The van der Waals surface area contributed by atoms with Crippen molar-refractivity contribution in [2.45, 2.75) is 20.3 Å². The molecule has 0 aliphatic carbocycles. The zero-order valence-electron chi connectivity index (χ0n) is 8.10. The second kappa shape index (κ2) is 3.25. The molecular formula is C9H11N3O2. The molecule has 2 heterocycles. The third-order valence-corrected chi connectivity index (χ3v) is 1.96. The number of hydrogen-bond donors (Lipinski definition) is 0. The average molecular weight is 193 g/mol. The van der Waals surface area contributed by atoms with Crippen LogP contribution >= 0.6 is 0 Å². The van der Waals surface area contributed by atoms with Gasteiger partial charge in [0, 0.05) is 6.42 Å². The van der Waals surface area contributed by atoms with Gasteiger partial charge in [0.25, 0.3) is 0 Å². The summed E-state index contributed by atoms with van der Waals surface area (Å²) in [5.41, 5.74) is 0.483. The monoisotopic (exact) mass is 193 g/mol. The van der Waals surface area contributed by atoms with Gasteiger partial charge in [-0.1, -0.05) is 19.0 Å².